The molecule has 2 aliphatic heterocycles. The quantitative estimate of drug-likeness (QED) is 0.858. The number of carbonyl (C=O) groups is 1. The molecular formula is C14H16Cl2N2O3. The van der Waals surface area contributed by atoms with Gasteiger partial charge in [0.2, 0.25) is 0 Å². The fraction of sp³-hybridized carbons (Fsp3) is 0.500. The Hall–Kier alpha value is -1.01. The van der Waals surface area contributed by atoms with Gasteiger partial charge >= 0.3 is 6.03 Å². The number of hydrogen-bond acceptors (Lipinski definition) is 3. The van der Waals surface area contributed by atoms with Crippen LogP contribution < -0.4 is 5.32 Å². The fourth-order valence-corrected chi connectivity index (χ4v) is 2.91. The summed E-state index contributed by atoms with van der Waals surface area (Å²) in [5.41, 5.74) is 0.628. The number of hydrogen-bond donors (Lipinski definition) is 1. The highest BCUT2D eigenvalue weighted by molar-refractivity contribution is 6.42. The Balaban J connectivity index is 1.57. The minimum Gasteiger partial charge on any atom is -0.347 e. The number of ether oxygens (including phenoxy) is 2. The van der Waals surface area contributed by atoms with Crippen LogP contribution in [0, 0.1) is 0 Å². The summed E-state index contributed by atoms with van der Waals surface area (Å²) < 4.78 is 11.3. The number of amides is 2. The molecule has 1 aromatic carbocycles. The van der Waals surface area contributed by atoms with Gasteiger partial charge in [-0.3, -0.25) is 0 Å². The molecule has 21 heavy (non-hydrogen) atoms. The van der Waals surface area contributed by atoms with Gasteiger partial charge in [-0.25, -0.2) is 4.79 Å². The topological polar surface area (TPSA) is 50.8 Å². The lowest BCUT2D eigenvalue weighted by Gasteiger charge is -2.37. The van der Waals surface area contributed by atoms with Crippen molar-refractivity contribution < 1.29 is 14.3 Å². The summed E-state index contributed by atoms with van der Waals surface area (Å²) in [6.45, 7) is 2.48. The fourth-order valence-electron chi connectivity index (χ4n) is 2.61. The first kappa shape index (κ1) is 14.9. The lowest BCUT2D eigenvalue weighted by molar-refractivity contribution is -0.181. The number of nitrogens with one attached hydrogen (secondary N) is 1. The van der Waals surface area contributed by atoms with E-state index in [0.717, 1.165) is 0 Å². The first-order valence-corrected chi connectivity index (χ1v) is 7.62. The van der Waals surface area contributed by atoms with Crippen LogP contribution in [0.15, 0.2) is 18.2 Å². The summed E-state index contributed by atoms with van der Waals surface area (Å²) in [5.74, 6) is -0.472. The van der Waals surface area contributed by atoms with Crippen molar-refractivity contribution in [3.63, 3.8) is 0 Å². The molecule has 2 fully saturated rings. The van der Waals surface area contributed by atoms with Crippen LogP contribution in [0.25, 0.3) is 0 Å². The van der Waals surface area contributed by atoms with Crippen LogP contribution in [0.5, 0.6) is 0 Å². The molecule has 3 rings (SSSR count). The van der Waals surface area contributed by atoms with Crippen LogP contribution in [0.4, 0.5) is 10.5 Å². The van der Waals surface area contributed by atoms with Gasteiger partial charge in [0.15, 0.2) is 5.79 Å². The summed E-state index contributed by atoms with van der Waals surface area (Å²) in [6, 6.07) is 4.86. The Kier molecular flexibility index (Phi) is 4.26. The molecule has 7 heteroatoms. The van der Waals surface area contributed by atoms with E-state index in [1.807, 2.05) is 0 Å². The average Bonchev–Trinajstić information content (AvgIpc) is 2.92. The first-order chi connectivity index (χ1) is 10.1. The number of anilines is 1. The summed E-state index contributed by atoms with van der Waals surface area (Å²) in [5, 5.41) is 3.70. The van der Waals surface area contributed by atoms with E-state index in [0.29, 0.717) is 54.9 Å². The van der Waals surface area contributed by atoms with E-state index in [4.69, 9.17) is 32.7 Å². The molecule has 2 heterocycles. The van der Waals surface area contributed by atoms with E-state index < -0.39 is 5.79 Å². The van der Waals surface area contributed by atoms with Crippen LogP contribution in [-0.2, 0) is 9.47 Å². The molecule has 0 saturated carbocycles. The largest absolute Gasteiger partial charge is 0.347 e. The molecule has 0 aliphatic carbocycles. The number of carbonyl (C=O) groups excluding carboxylic acids is 1. The number of likely N-dealkylation sites (tertiary alicyclic amines) is 1. The smallest absolute Gasteiger partial charge is 0.321 e. The number of halogens is 2. The monoisotopic (exact) mass is 330 g/mol. The van der Waals surface area contributed by atoms with Crippen molar-refractivity contribution in [2.24, 2.45) is 0 Å². The van der Waals surface area contributed by atoms with E-state index >= 15 is 0 Å². The lowest BCUT2D eigenvalue weighted by Crippen LogP contribution is -2.48. The zero-order valence-corrected chi connectivity index (χ0v) is 12.9. The van der Waals surface area contributed by atoms with Crippen LogP contribution >= 0.6 is 23.2 Å². The second kappa shape index (κ2) is 6.01. The van der Waals surface area contributed by atoms with Gasteiger partial charge in [0, 0.05) is 31.6 Å². The Bertz CT molecular complexity index is 537. The predicted octanol–water partition coefficient (Wildman–Crippen LogP) is 3.36. The molecule has 5 nitrogen and oxygen atoms in total. The van der Waals surface area contributed by atoms with E-state index in [1.165, 1.54) is 0 Å². The number of rotatable bonds is 1. The molecule has 114 valence electrons. The van der Waals surface area contributed by atoms with Gasteiger partial charge in [0.1, 0.15) is 0 Å². The molecule has 2 amide bonds. The summed E-state index contributed by atoms with van der Waals surface area (Å²) >= 11 is 11.8. The molecule has 2 saturated heterocycles. The van der Waals surface area contributed by atoms with Crippen molar-refractivity contribution in [1.29, 1.82) is 0 Å². The second-order valence-electron chi connectivity index (χ2n) is 5.15. The minimum absolute atomic E-state index is 0.152. The number of nitrogens with zero attached hydrogens (tertiary/aromatic N) is 1. The Morgan fingerprint density at radius 3 is 2.43 bits per heavy atom. The third-order valence-electron chi connectivity index (χ3n) is 3.80. The molecule has 1 N–H and O–H groups in total. The molecule has 0 bridgehead atoms. The highest BCUT2D eigenvalue weighted by atomic mass is 35.5. The van der Waals surface area contributed by atoms with Gasteiger partial charge in [0.05, 0.1) is 23.3 Å². The zero-order valence-electron chi connectivity index (χ0n) is 11.4. The molecule has 1 aromatic rings. The van der Waals surface area contributed by atoms with E-state index in [9.17, 15) is 4.79 Å². The van der Waals surface area contributed by atoms with Crippen molar-refractivity contribution in [2.45, 2.75) is 18.6 Å². The minimum atomic E-state index is -0.472. The maximum Gasteiger partial charge on any atom is 0.321 e. The van der Waals surface area contributed by atoms with Gasteiger partial charge < -0.3 is 19.7 Å². The lowest BCUT2D eigenvalue weighted by atomic mass is 10.0. The van der Waals surface area contributed by atoms with Gasteiger partial charge in [-0.1, -0.05) is 23.2 Å². The molecule has 1 spiro atoms. The maximum atomic E-state index is 12.2. The van der Waals surface area contributed by atoms with Gasteiger partial charge in [0.25, 0.3) is 0 Å². The number of piperidine rings is 1. The normalized spacial score (nSPS) is 20.8. The standard InChI is InChI=1S/C14H16Cl2N2O3/c15-11-2-1-10(9-12(11)16)17-13(19)18-5-3-14(4-6-18)20-7-8-21-14/h1-2,9H,3-8H2,(H,17,19). The van der Waals surface area contributed by atoms with Crippen molar-refractivity contribution in [1.82, 2.24) is 4.90 Å². The molecule has 0 aromatic heterocycles. The van der Waals surface area contributed by atoms with Crippen LogP contribution in [0.3, 0.4) is 0 Å². The van der Waals surface area contributed by atoms with E-state index in [-0.39, 0.29) is 6.03 Å². The summed E-state index contributed by atoms with van der Waals surface area (Å²) in [7, 11) is 0. The van der Waals surface area contributed by atoms with Gasteiger partial charge in [-0.15, -0.1) is 0 Å². The van der Waals surface area contributed by atoms with Crippen molar-refractivity contribution >= 4 is 34.9 Å². The van der Waals surface area contributed by atoms with Crippen molar-refractivity contribution in [3.8, 4) is 0 Å². The predicted molar refractivity (Wildman–Crippen MR) is 80.9 cm³/mol. The van der Waals surface area contributed by atoms with E-state index in [2.05, 4.69) is 5.32 Å². The van der Waals surface area contributed by atoms with Crippen LogP contribution in [0.2, 0.25) is 10.0 Å². The highest BCUT2D eigenvalue weighted by Crippen LogP contribution is 2.31. The van der Waals surface area contributed by atoms with Crippen LogP contribution in [0.1, 0.15) is 12.8 Å². The second-order valence-corrected chi connectivity index (χ2v) is 5.97. The number of benzene rings is 1. The molecule has 0 unspecified atom stereocenters. The van der Waals surface area contributed by atoms with Gasteiger partial charge in [-0.2, -0.15) is 0 Å². The first-order valence-electron chi connectivity index (χ1n) is 6.87. The molecule has 0 radical (unpaired) electrons. The zero-order chi connectivity index (χ0) is 14.9. The Morgan fingerprint density at radius 1 is 1.14 bits per heavy atom. The SMILES string of the molecule is O=C(Nc1ccc(Cl)c(Cl)c1)N1CCC2(CC1)OCCO2. The third kappa shape index (κ3) is 3.26. The molecular weight excluding hydrogens is 315 g/mol. The Labute approximate surface area is 133 Å². The van der Waals surface area contributed by atoms with E-state index in [1.54, 1.807) is 23.1 Å². The van der Waals surface area contributed by atoms with Crippen molar-refractivity contribution in [2.75, 3.05) is 31.6 Å². The molecule has 2 aliphatic rings. The van der Waals surface area contributed by atoms with Crippen LogP contribution in [-0.4, -0.2) is 43.0 Å². The summed E-state index contributed by atoms with van der Waals surface area (Å²) in [6.07, 6.45) is 1.39. The summed E-state index contributed by atoms with van der Waals surface area (Å²) in [4.78, 5) is 14.0. The molecule has 0 atom stereocenters. The maximum absolute atomic E-state index is 12.2. The third-order valence-corrected chi connectivity index (χ3v) is 4.54. The number of urea groups is 1. The van der Waals surface area contributed by atoms with Crippen molar-refractivity contribution in [3.05, 3.63) is 28.2 Å². The highest BCUT2D eigenvalue weighted by Gasteiger charge is 2.40. The average molecular weight is 331 g/mol. The Morgan fingerprint density at radius 2 is 1.81 bits per heavy atom. The van der Waals surface area contributed by atoms with Gasteiger partial charge in [-0.05, 0) is 18.2 Å².